The molecule has 2 heterocycles. The summed E-state index contributed by atoms with van der Waals surface area (Å²) in [6, 6.07) is 7.96. The zero-order valence-electron chi connectivity index (χ0n) is 24.9. The summed E-state index contributed by atoms with van der Waals surface area (Å²) in [5, 5.41) is 16.6. The molecule has 0 aliphatic carbocycles. The molecular weight excluding hydrogens is 563 g/mol. The number of thiazole rings is 1. The fraction of sp³-hybridized carbons (Fsp3) is 0.469. The van der Waals surface area contributed by atoms with Gasteiger partial charge in [-0.2, -0.15) is 13.2 Å². The summed E-state index contributed by atoms with van der Waals surface area (Å²) in [5.41, 5.74) is 2.36. The Morgan fingerprint density at radius 1 is 0.976 bits per heavy atom. The van der Waals surface area contributed by atoms with E-state index in [1.165, 1.54) is 0 Å². The number of hydrogen-bond donors (Lipinski definition) is 2. The van der Waals surface area contributed by atoms with Crippen molar-refractivity contribution in [3.63, 3.8) is 0 Å². The Hall–Kier alpha value is -3.40. The van der Waals surface area contributed by atoms with Gasteiger partial charge in [0.1, 0.15) is 5.75 Å². The van der Waals surface area contributed by atoms with Crippen LogP contribution in [0.3, 0.4) is 0 Å². The first-order valence-electron chi connectivity index (χ1n) is 14.0. The van der Waals surface area contributed by atoms with Crippen molar-refractivity contribution in [2.24, 2.45) is 0 Å². The van der Waals surface area contributed by atoms with Crippen LogP contribution in [0.5, 0.6) is 5.75 Å². The fourth-order valence-corrected chi connectivity index (χ4v) is 6.09. The van der Waals surface area contributed by atoms with Crippen molar-refractivity contribution in [3.05, 3.63) is 69.0 Å². The lowest BCUT2D eigenvalue weighted by Crippen LogP contribution is -2.43. The van der Waals surface area contributed by atoms with Crippen LogP contribution in [0.25, 0.3) is 11.3 Å². The second kappa shape index (κ2) is 11.7. The number of likely N-dealkylation sites (tertiary alicyclic amines) is 1. The van der Waals surface area contributed by atoms with Crippen molar-refractivity contribution in [2.75, 3.05) is 19.6 Å². The normalized spacial score (nSPS) is 15.1. The average Bonchev–Trinajstić information content (AvgIpc) is 3.40. The number of phenols is 1. The van der Waals surface area contributed by atoms with Crippen molar-refractivity contribution >= 4 is 23.2 Å². The quantitative estimate of drug-likeness (QED) is 0.322. The summed E-state index contributed by atoms with van der Waals surface area (Å²) in [5.74, 6) is -0.291. The van der Waals surface area contributed by atoms with Crippen LogP contribution in [-0.2, 0) is 21.8 Å². The van der Waals surface area contributed by atoms with Gasteiger partial charge in [0.15, 0.2) is 0 Å². The SMILES string of the molecule is CC(C)(C)c1cc(-c2csc(C3CCN(C(=O)CNC(=O)c4ccc(C(F)(F)F)cc4)CC3)n2)cc(C(C)(C)C)c1O. The molecule has 226 valence electrons. The van der Waals surface area contributed by atoms with Gasteiger partial charge in [-0.1, -0.05) is 41.5 Å². The molecule has 1 aliphatic rings. The molecule has 0 unspecified atom stereocenters. The molecular formula is C32H38F3N3O3S. The van der Waals surface area contributed by atoms with Gasteiger partial charge in [-0.05, 0) is 60.1 Å². The van der Waals surface area contributed by atoms with E-state index < -0.39 is 17.6 Å². The Kier molecular flexibility index (Phi) is 8.79. The molecule has 6 nitrogen and oxygen atoms in total. The number of carbonyl (C=O) groups excluding carboxylic acids is 2. The zero-order chi connectivity index (χ0) is 31.0. The van der Waals surface area contributed by atoms with E-state index in [4.69, 9.17) is 4.98 Å². The summed E-state index contributed by atoms with van der Waals surface area (Å²) in [6.07, 6.45) is -3.00. The molecule has 0 spiro atoms. The predicted molar refractivity (Wildman–Crippen MR) is 159 cm³/mol. The second-order valence-electron chi connectivity index (χ2n) is 12.9. The Labute approximate surface area is 249 Å². The first kappa shape index (κ1) is 31.5. The summed E-state index contributed by atoms with van der Waals surface area (Å²) < 4.78 is 38.3. The number of amides is 2. The van der Waals surface area contributed by atoms with Crippen molar-refractivity contribution in [2.45, 2.75) is 77.3 Å². The van der Waals surface area contributed by atoms with Gasteiger partial charge in [-0.25, -0.2) is 4.98 Å². The van der Waals surface area contributed by atoms with Crippen LogP contribution in [0, 0.1) is 0 Å². The number of aromatic hydroxyl groups is 1. The molecule has 4 rings (SSSR count). The molecule has 1 fully saturated rings. The maximum absolute atomic E-state index is 12.8. The molecule has 42 heavy (non-hydrogen) atoms. The summed E-state index contributed by atoms with van der Waals surface area (Å²) in [7, 11) is 0. The number of nitrogens with zero attached hydrogens (tertiary/aromatic N) is 2. The van der Waals surface area contributed by atoms with Crippen molar-refractivity contribution in [3.8, 4) is 17.0 Å². The monoisotopic (exact) mass is 601 g/mol. The molecule has 2 amide bonds. The van der Waals surface area contributed by atoms with E-state index in [-0.39, 0.29) is 34.8 Å². The summed E-state index contributed by atoms with van der Waals surface area (Å²) in [4.78, 5) is 31.7. The standard InChI is InChI=1S/C32H38F3N3O3S/c1-30(2,3)23-15-21(16-24(27(23)40)31(4,5)6)25-18-42-29(37-25)20-11-13-38(14-12-20)26(39)17-36-28(41)19-7-9-22(10-8-19)32(33,34)35/h7-10,15-16,18,20,40H,11-14,17H2,1-6H3,(H,36,41). The molecule has 1 saturated heterocycles. The van der Waals surface area contributed by atoms with Gasteiger partial charge in [0.25, 0.3) is 5.91 Å². The third kappa shape index (κ3) is 7.14. The van der Waals surface area contributed by atoms with Crippen LogP contribution in [0.2, 0.25) is 0 Å². The van der Waals surface area contributed by atoms with Crippen LogP contribution >= 0.6 is 11.3 Å². The number of rotatable bonds is 5. The lowest BCUT2D eigenvalue weighted by Gasteiger charge is -2.31. The topological polar surface area (TPSA) is 82.5 Å². The van der Waals surface area contributed by atoms with Crippen LogP contribution in [0.1, 0.15) is 92.4 Å². The van der Waals surface area contributed by atoms with Crippen LogP contribution in [-0.4, -0.2) is 46.4 Å². The summed E-state index contributed by atoms with van der Waals surface area (Å²) in [6.45, 7) is 13.3. The van der Waals surface area contributed by atoms with Crippen molar-refractivity contribution in [1.29, 1.82) is 0 Å². The largest absolute Gasteiger partial charge is 0.507 e. The highest BCUT2D eigenvalue weighted by Gasteiger charge is 2.31. The Bertz CT molecular complexity index is 1410. The van der Waals surface area contributed by atoms with Crippen LogP contribution < -0.4 is 5.32 Å². The van der Waals surface area contributed by atoms with Crippen molar-refractivity contribution in [1.82, 2.24) is 15.2 Å². The number of carbonyl (C=O) groups is 2. The average molecular weight is 602 g/mol. The maximum atomic E-state index is 12.8. The fourth-order valence-electron chi connectivity index (χ4n) is 5.09. The van der Waals surface area contributed by atoms with Gasteiger partial charge in [0.2, 0.25) is 5.91 Å². The highest BCUT2D eigenvalue weighted by atomic mass is 32.1. The number of phenolic OH excluding ortho intramolecular Hbond substituents is 1. The molecule has 0 radical (unpaired) electrons. The highest BCUT2D eigenvalue weighted by Crippen LogP contribution is 2.42. The number of benzene rings is 2. The molecule has 0 bridgehead atoms. The number of halogens is 3. The molecule has 1 aromatic heterocycles. The molecule has 2 aromatic carbocycles. The Morgan fingerprint density at radius 2 is 1.52 bits per heavy atom. The zero-order valence-corrected chi connectivity index (χ0v) is 25.7. The predicted octanol–water partition coefficient (Wildman–Crippen LogP) is 7.27. The van der Waals surface area contributed by atoms with Gasteiger partial charge >= 0.3 is 6.18 Å². The number of hydrogen-bond acceptors (Lipinski definition) is 5. The third-order valence-corrected chi connectivity index (χ3v) is 8.62. The van der Waals surface area contributed by atoms with E-state index in [0.717, 1.165) is 64.5 Å². The van der Waals surface area contributed by atoms with Gasteiger partial charge in [0, 0.05) is 46.6 Å². The third-order valence-electron chi connectivity index (χ3n) is 7.62. The molecule has 2 N–H and O–H groups in total. The van der Waals surface area contributed by atoms with E-state index in [1.807, 2.05) is 12.1 Å². The van der Waals surface area contributed by atoms with E-state index in [2.05, 4.69) is 52.2 Å². The number of nitrogens with one attached hydrogen (secondary N) is 1. The molecule has 0 atom stereocenters. The van der Waals surface area contributed by atoms with Crippen LogP contribution in [0.15, 0.2) is 41.8 Å². The minimum atomic E-state index is -4.48. The van der Waals surface area contributed by atoms with E-state index in [9.17, 15) is 27.9 Å². The molecule has 10 heteroatoms. The van der Waals surface area contributed by atoms with Gasteiger partial charge in [-0.3, -0.25) is 9.59 Å². The van der Waals surface area contributed by atoms with E-state index in [0.29, 0.717) is 18.8 Å². The van der Waals surface area contributed by atoms with Gasteiger partial charge in [-0.15, -0.1) is 11.3 Å². The van der Waals surface area contributed by atoms with Crippen LogP contribution in [0.4, 0.5) is 13.2 Å². The Morgan fingerprint density at radius 3 is 2.02 bits per heavy atom. The lowest BCUT2D eigenvalue weighted by atomic mass is 9.78. The van der Waals surface area contributed by atoms with Gasteiger partial charge < -0.3 is 15.3 Å². The van der Waals surface area contributed by atoms with Crippen molar-refractivity contribution < 1.29 is 27.9 Å². The smallest absolute Gasteiger partial charge is 0.416 e. The number of alkyl halides is 3. The minimum absolute atomic E-state index is 0.0620. The number of aromatic nitrogens is 1. The lowest BCUT2D eigenvalue weighted by molar-refractivity contribution is -0.137. The Balaban J connectivity index is 1.37. The van der Waals surface area contributed by atoms with E-state index >= 15 is 0 Å². The number of piperidine rings is 1. The molecule has 1 aliphatic heterocycles. The molecule has 0 saturated carbocycles. The van der Waals surface area contributed by atoms with E-state index in [1.54, 1.807) is 16.2 Å². The van der Waals surface area contributed by atoms with Gasteiger partial charge in [0.05, 0.1) is 22.8 Å². The first-order chi connectivity index (χ1) is 19.4. The minimum Gasteiger partial charge on any atom is -0.507 e. The first-order valence-corrected chi connectivity index (χ1v) is 14.9. The summed E-state index contributed by atoms with van der Waals surface area (Å²) >= 11 is 1.60. The second-order valence-corrected chi connectivity index (χ2v) is 13.8. The molecule has 3 aromatic rings. The maximum Gasteiger partial charge on any atom is 0.416 e. The highest BCUT2D eigenvalue weighted by molar-refractivity contribution is 7.10.